The summed E-state index contributed by atoms with van der Waals surface area (Å²) in [5.41, 5.74) is 0.352. The zero-order valence-electron chi connectivity index (χ0n) is 8.88. The Labute approximate surface area is 125 Å². The minimum absolute atomic E-state index is 0.0125. The largest absolute Gasteiger partial charge is 0.288 e. The Kier molecular flexibility index (Phi) is 4.20. The number of rotatable bonds is 2. The molecule has 0 radical (unpaired) electrons. The van der Waals surface area contributed by atoms with Gasteiger partial charge in [-0.3, -0.25) is 4.79 Å². The van der Waals surface area contributed by atoms with Gasteiger partial charge >= 0.3 is 0 Å². The second-order valence-electron chi connectivity index (χ2n) is 3.61. The van der Waals surface area contributed by atoms with Crippen LogP contribution in [-0.4, -0.2) is 5.78 Å². The molecule has 0 saturated heterocycles. The number of hydrogen-bond acceptors (Lipinski definition) is 1. The van der Waals surface area contributed by atoms with Gasteiger partial charge in [0, 0.05) is 19.5 Å². The molecule has 0 N–H and O–H groups in total. The second-order valence-corrected chi connectivity index (χ2v) is 5.88. The molecule has 0 aromatic heterocycles. The summed E-state index contributed by atoms with van der Waals surface area (Å²) in [5, 5.41) is 0.420. The molecule has 5 heteroatoms. The van der Waals surface area contributed by atoms with Crippen LogP contribution in [0.15, 0.2) is 45.3 Å². The molecule has 2 aromatic rings. The molecule has 0 spiro atoms. The third kappa shape index (κ3) is 2.99. The van der Waals surface area contributed by atoms with Crippen molar-refractivity contribution in [3.63, 3.8) is 0 Å². The molecule has 0 fully saturated rings. The molecule has 0 aliphatic rings. The maximum absolute atomic E-state index is 13.6. The SMILES string of the molecule is O=C(c1cc(Cl)cc(Br)c1)c1cc(Br)ccc1F. The number of carbonyl (C=O) groups excluding carboxylic acids is 1. The zero-order chi connectivity index (χ0) is 13.3. The Morgan fingerprint density at radius 3 is 2.44 bits per heavy atom. The van der Waals surface area contributed by atoms with Gasteiger partial charge in [-0.2, -0.15) is 0 Å². The first-order valence-electron chi connectivity index (χ1n) is 4.93. The van der Waals surface area contributed by atoms with E-state index < -0.39 is 11.6 Å². The lowest BCUT2D eigenvalue weighted by Crippen LogP contribution is -2.04. The predicted molar refractivity (Wildman–Crippen MR) is 76.7 cm³/mol. The van der Waals surface area contributed by atoms with Gasteiger partial charge in [0.2, 0.25) is 0 Å². The van der Waals surface area contributed by atoms with E-state index in [-0.39, 0.29) is 5.56 Å². The highest BCUT2D eigenvalue weighted by Crippen LogP contribution is 2.24. The highest BCUT2D eigenvalue weighted by atomic mass is 79.9. The first-order valence-corrected chi connectivity index (χ1v) is 6.89. The Morgan fingerprint density at radius 2 is 1.78 bits per heavy atom. The fourth-order valence-corrected chi connectivity index (χ4v) is 2.73. The van der Waals surface area contributed by atoms with Gasteiger partial charge in [0.1, 0.15) is 5.82 Å². The highest BCUT2D eigenvalue weighted by Gasteiger charge is 2.15. The summed E-state index contributed by atoms with van der Waals surface area (Å²) in [6.45, 7) is 0. The van der Waals surface area contributed by atoms with Gasteiger partial charge in [0.05, 0.1) is 5.56 Å². The summed E-state index contributed by atoms with van der Waals surface area (Å²) >= 11 is 12.3. The van der Waals surface area contributed by atoms with Crippen molar-refractivity contribution < 1.29 is 9.18 Å². The smallest absolute Gasteiger partial charge is 0.196 e. The lowest BCUT2D eigenvalue weighted by Gasteiger charge is -2.05. The van der Waals surface area contributed by atoms with E-state index in [1.54, 1.807) is 18.2 Å². The van der Waals surface area contributed by atoms with Gasteiger partial charge in [-0.15, -0.1) is 0 Å². The molecule has 2 aromatic carbocycles. The van der Waals surface area contributed by atoms with Gasteiger partial charge in [-0.05, 0) is 36.4 Å². The van der Waals surface area contributed by atoms with E-state index in [2.05, 4.69) is 31.9 Å². The van der Waals surface area contributed by atoms with Crippen LogP contribution in [0.2, 0.25) is 5.02 Å². The van der Waals surface area contributed by atoms with Crippen molar-refractivity contribution in [1.29, 1.82) is 0 Å². The van der Waals surface area contributed by atoms with Crippen LogP contribution in [0.25, 0.3) is 0 Å². The highest BCUT2D eigenvalue weighted by molar-refractivity contribution is 9.10. The minimum atomic E-state index is -0.556. The Morgan fingerprint density at radius 1 is 1.06 bits per heavy atom. The molecule has 0 bridgehead atoms. The lowest BCUT2D eigenvalue weighted by molar-refractivity contribution is 0.103. The van der Waals surface area contributed by atoms with Crippen LogP contribution in [-0.2, 0) is 0 Å². The molecule has 1 nitrogen and oxygen atoms in total. The van der Waals surface area contributed by atoms with Crippen molar-refractivity contribution >= 4 is 49.2 Å². The van der Waals surface area contributed by atoms with Crippen LogP contribution in [0.4, 0.5) is 4.39 Å². The van der Waals surface area contributed by atoms with Gasteiger partial charge in [0.15, 0.2) is 5.78 Å². The summed E-state index contributed by atoms with van der Waals surface area (Å²) in [6.07, 6.45) is 0. The van der Waals surface area contributed by atoms with Crippen molar-refractivity contribution in [3.05, 3.63) is 67.3 Å². The van der Waals surface area contributed by atoms with Crippen LogP contribution >= 0.6 is 43.5 Å². The van der Waals surface area contributed by atoms with Crippen LogP contribution in [0, 0.1) is 5.82 Å². The molecule has 0 atom stereocenters. The standard InChI is InChI=1S/C13H6Br2ClFO/c14-8-1-2-12(17)11(6-8)13(18)7-3-9(15)5-10(16)4-7/h1-6H. The number of halogens is 4. The molecule has 0 aliphatic carbocycles. The maximum atomic E-state index is 13.6. The average molecular weight is 392 g/mol. The summed E-state index contributed by atoms with van der Waals surface area (Å²) in [6, 6.07) is 9.02. The van der Waals surface area contributed by atoms with Crippen LogP contribution < -0.4 is 0 Å². The van der Waals surface area contributed by atoms with Crippen molar-refractivity contribution in [2.24, 2.45) is 0 Å². The van der Waals surface area contributed by atoms with E-state index in [9.17, 15) is 9.18 Å². The molecule has 92 valence electrons. The Bertz CT molecular complexity index is 608. The summed E-state index contributed by atoms with van der Waals surface area (Å²) in [7, 11) is 0. The first kappa shape index (κ1) is 13.7. The van der Waals surface area contributed by atoms with E-state index in [4.69, 9.17) is 11.6 Å². The quantitative estimate of drug-likeness (QED) is 0.639. The second kappa shape index (κ2) is 5.51. The van der Waals surface area contributed by atoms with E-state index >= 15 is 0 Å². The fourth-order valence-electron chi connectivity index (χ4n) is 1.51. The summed E-state index contributed by atoms with van der Waals surface area (Å²) in [5.74, 6) is -0.962. The maximum Gasteiger partial charge on any atom is 0.196 e. The van der Waals surface area contributed by atoms with E-state index in [0.717, 1.165) is 0 Å². The number of hydrogen-bond donors (Lipinski definition) is 0. The zero-order valence-corrected chi connectivity index (χ0v) is 12.8. The average Bonchev–Trinajstić information content (AvgIpc) is 2.30. The number of benzene rings is 2. The van der Waals surface area contributed by atoms with Crippen molar-refractivity contribution in [2.45, 2.75) is 0 Å². The van der Waals surface area contributed by atoms with Gasteiger partial charge in [-0.1, -0.05) is 43.5 Å². The third-order valence-electron chi connectivity index (χ3n) is 2.30. The predicted octanol–water partition coefficient (Wildman–Crippen LogP) is 5.24. The van der Waals surface area contributed by atoms with Crippen LogP contribution in [0.5, 0.6) is 0 Å². The molecule has 0 amide bonds. The van der Waals surface area contributed by atoms with Gasteiger partial charge in [-0.25, -0.2) is 4.39 Å². The van der Waals surface area contributed by atoms with E-state index in [0.29, 0.717) is 19.5 Å². The molecule has 18 heavy (non-hydrogen) atoms. The minimum Gasteiger partial charge on any atom is -0.288 e. The lowest BCUT2D eigenvalue weighted by atomic mass is 10.0. The number of carbonyl (C=O) groups is 1. The molecule has 2 rings (SSSR count). The van der Waals surface area contributed by atoms with Gasteiger partial charge < -0.3 is 0 Å². The third-order valence-corrected chi connectivity index (χ3v) is 3.47. The van der Waals surface area contributed by atoms with E-state index in [1.165, 1.54) is 18.2 Å². The molecule has 0 saturated carbocycles. The molecular formula is C13H6Br2ClFO. The van der Waals surface area contributed by atoms with Gasteiger partial charge in [0.25, 0.3) is 0 Å². The molecular weight excluding hydrogens is 386 g/mol. The van der Waals surface area contributed by atoms with Crippen LogP contribution in [0.3, 0.4) is 0 Å². The molecule has 0 heterocycles. The monoisotopic (exact) mass is 390 g/mol. The van der Waals surface area contributed by atoms with Crippen LogP contribution in [0.1, 0.15) is 15.9 Å². The molecule has 0 unspecified atom stereocenters. The van der Waals surface area contributed by atoms with E-state index in [1.807, 2.05) is 0 Å². The summed E-state index contributed by atoms with van der Waals surface area (Å²) in [4.78, 5) is 12.2. The number of ketones is 1. The van der Waals surface area contributed by atoms with Crippen molar-refractivity contribution in [3.8, 4) is 0 Å². The topological polar surface area (TPSA) is 17.1 Å². The Balaban J connectivity index is 2.51. The van der Waals surface area contributed by atoms with Crippen molar-refractivity contribution in [1.82, 2.24) is 0 Å². The first-order chi connectivity index (χ1) is 8.47. The Hall–Kier alpha value is -0.710. The normalized spacial score (nSPS) is 10.4. The van der Waals surface area contributed by atoms with Crippen molar-refractivity contribution in [2.75, 3.05) is 0 Å². The molecule has 0 aliphatic heterocycles. The summed E-state index contributed by atoms with van der Waals surface area (Å²) < 4.78 is 14.9. The fraction of sp³-hybridized carbons (Fsp3) is 0.